The SMILES string of the molecule is C/C(=N\Nc1ccc([N+](=O)[O-])cc1[N+](=O)[O-])c1ccccn1. The highest BCUT2D eigenvalue weighted by molar-refractivity contribution is 5.97. The van der Waals surface area contributed by atoms with Crippen LogP contribution in [-0.2, 0) is 0 Å². The minimum Gasteiger partial charge on any atom is -0.271 e. The summed E-state index contributed by atoms with van der Waals surface area (Å²) in [7, 11) is 0. The molecule has 0 unspecified atom stereocenters. The van der Waals surface area contributed by atoms with Gasteiger partial charge in [0, 0.05) is 12.3 Å². The zero-order chi connectivity index (χ0) is 16.1. The molecular weight excluding hydrogens is 290 g/mol. The summed E-state index contributed by atoms with van der Waals surface area (Å²) >= 11 is 0. The molecule has 0 amide bonds. The Kier molecular flexibility index (Phi) is 4.37. The van der Waals surface area contributed by atoms with E-state index in [1.165, 1.54) is 12.1 Å². The van der Waals surface area contributed by atoms with Crippen molar-refractivity contribution in [3.63, 3.8) is 0 Å². The second-order valence-electron chi connectivity index (χ2n) is 4.24. The Morgan fingerprint density at radius 2 is 1.95 bits per heavy atom. The fourth-order valence-corrected chi connectivity index (χ4v) is 1.66. The zero-order valence-corrected chi connectivity index (χ0v) is 11.5. The number of nitrogens with one attached hydrogen (secondary N) is 1. The van der Waals surface area contributed by atoms with E-state index >= 15 is 0 Å². The molecule has 2 aromatic rings. The van der Waals surface area contributed by atoms with Crippen molar-refractivity contribution in [2.45, 2.75) is 6.92 Å². The van der Waals surface area contributed by atoms with E-state index in [9.17, 15) is 20.2 Å². The summed E-state index contributed by atoms with van der Waals surface area (Å²) in [5, 5.41) is 25.7. The third kappa shape index (κ3) is 3.39. The van der Waals surface area contributed by atoms with Crippen LogP contribution in [0.2, 0.25) is 0 Å². The smallest absolute Gasteiger partial charge is 0.271 e. The number of hydrazone groups is 1. The van der Waals surface area contributed by atoms with Crippen LogP contribution in [-0.4, -0.2) is 20.5 Å². The minimum absolute atomic E-state index is 0.0610. The van der Waals surface area contributed by atoms with E-state index in [-0.39, 0.29) is 11.4 Å². The maximum Gasteiger partial charge on any atom is 0.301 e. The van der Waals surface area contributed by atoms with Gasteiger partial charge in [0.2, 0.25) is 0 Å². The van der Waals surface area contributed by atoms with E-state index in [4.69, 9.17) is 0 Å². The van der Waals surface area contributed by atoms with Crippen LogP contribution in [0, 0.1) is 20.2 Å². The molecular formula is C13H11N5O4. The Hall–Kier alpha value is -3.36. The van der Waals surface area contributed by atoms with Gasteiger partial charge < -0.3 is 0 Å². The lowest BCUT2D eigenvalue weighted by atomic mass is 10.2. The van der Waals surface area contributed by atoms with Crippen molar-refractivity contribution in [1.29, 1.82) is 0 Å². The van der Waals surface area contributed by atoms with Crippen LogP contribution in [0.4, 0.5) is 17.1 Å². The Morgan fingerprint density at radius 1 is 1.18 bits per heavy atom. The fraction of sp³-hybridized carbons (Fsp3) is 0.0769. The number of nitrogens with zero attached hydrogens (tertiary/aromatic N) is 4. The van der Waals surface area contributed by atoms with Crippen molar-refractivity contribution in [3.05, 3.63) is 68.5 Å². The normalized spacial score (nSPS) is 11.0. The summed E-state index contributed by atoms with van der Waals surface area (Å²) < 4.78 is 0. The molecule has 1 N–H and O–H groups in total. The summed E-state index contributed by atoms with van der Waals surface area (Å²) in [5.41, 5.74) is 2.95. The summed E-state index contributed by atoms with van der Waals surface area (Å²) in [4.78, 5) is 24.3. The molecule has 112 valence electrons. The van der Waals surface area contributed by atoms with Crippen molar-refractivity contribution >= 4 is 22.8 Å². The molecule has 0 radical (unpaired) electrons. The summed E-state index contributed by atoms with van der Waals surface area (Å²) in [5.74, 6) is 0. The van der Waals surface area contributed by atoms with Gasteiger partial charge in [-0.25, -0.2) is 0 Å². The number of benzene rings is 1. The number of aromatic nitrogens is 1. The second kappa shape index (κ2) is 6.39. The van der Waals surface area contributed by atoms with Crippen molar-refractivity contribution in [2.75, 3.05) is 5.43 Å². The zero-order valence-electron chi connectivity index (χ0n) is 11.5. The Bertz CT molecular complexity index is 745. The topological polar surface area (TPSA) is 124 Å². The van der Waals surface area contributed by atoms with E-state index in [1.54, 1.807) is 31.3 Å². The molecule has 0 atom stereocenters. The molecule has 1 heterocycles. The van der Waals surface area contributed by atoms with Gasteiger partial charge in [-0.1, -0.05) is 6.07 Å². The first-order valence-electron chi connectivity index (χ1n) is 6.13. The number of nitro benzene ring substituents is 2. The average molecular weight is 301 g/mol. The molecule has 0 saturated carbocycles. The standard InChI is InChI=1S/C13H11N5O4/c1-9(11-4-2-3-7-14-11)15-16-12-6-5-10(17(19)20)8-13(12)18(21)22/h2-8,16H,1H3/b15-9+. The van der Waals surface area contributed by atoms with Crippen LogP contribution in [0.5, 0.6) is 0 Å². The summed E-state index contributed by atoms with van der Waals surface area (Å²) in [6, 6.07) is 8.58. The largest absolute Gasteiger partial charge is 0.301 e. The number of nitro groups is 2. The highest BCUT2D eigenvalue weighted by Crippen LogP contribution is 2.28. The number of non-ortho nitro benzene ring substituents is 1. The molecule has 9 heteroatoms. The molecule has 0 aliphatic rings. The van der Waals surface area contributed by atoms with Crippen LogP contribution < -0.4 is 5.43 Å². The number of rotatable bonds is 5. The highest BCUT2D eigenvalue weighted by atomic mass is 16.6. The average Bonchev–Trinajstić information content (AvgIpc) is 2.53. The molecule has 22 heavy (non-hydrogen) atoms. The minimum atomic E-state index is -0.707. The Morgan fingerprint density at radius 3 is 2.55 bits per heavy atom. The van der Waals surface area contributed by atoms with Crippen LogP contribution in [0.25, 0.3) is 0 Å². The van der Waals surface area contributed by atoms with Gasteiger partial charge >= 0.3 is 5.69 Å². The summed E-state index contributed by atoms with van der Waals surface area (Å²) in [6.45, 7) is 1.69. The van der Waals surface area contributed by atoms with Crippen LogP contribution >= 0.6 is 0 Å². The summed E-state index contributed by atoms with van der Waals surface area (Å²) in [6.07, 6.45) is 1.60. The van der Waals surface area contributed by atoms with Gasteiger partial charge in [-0.05, 0) is 25.1 Å². The molecule has 2 rings (SSSR count). The first kappa shape index (κ1) is 15.0. The predicted octanol–water partition coefficient (Wildman–Crippen LogP) is 2.73. The van der Waals surface area contributed by atoms with Crippen LogP contribution in [0.1, 0.15) is 12.6 Å². The maximum absolute atomic E-state index is 11.0. The van der Waals surface area contributed by atoms with Gasteiger partial charge in [0.1, 0.15) is 5.69 Å². The lowest BCUT2D eigenvalue weighted by molar-refractivity contribution is -0.393. The molecule has 0 bridgehead atoms. The van der Waals surface area contributed by atoms with Crippen molar-refractivity contribution < 1.29 is 9.85 Å². The van der Waals surface area contributed by atoms with E-state index in [2.05, 4.69) is 15.5 Å². The fourth-order valence-electron chi connectivity index (χ4n) is 1.66. The molecule has 1 aromatic heterocycles. The van der Waals surface area contributed by atoms with Gasteiger partial charge in [0.25, 0.3) is 5.69 Å². The maximum atomic E-state index is 11.0. The van der Waals surface area contributed by atoms with E-state index in [0.717, 1.165) is 6.07 Å². The van der Waals surface area contributed by atoms with Gasteiger partial charge in [0.05, 0.1) is 27.3 Å². The van der Waals surface area contributed by atoms with Gasteiger partial charge in [-0.3, -0.25) is 30.6 Å². The molecule has 0 aliphatic carbocycles. The lowest BCUT2D eigenvalue weighted by Gasteiger charge is -2.04. The Labute approximate surface area is 124 Å². The molecule has 0 spiro atoms. The number of hydrogen-bond donors (Lipinski definition) is 1. The van der Waals surface area contributed by atoms with Crippen molar-refractivity contribution in [1.82, 2.24) is 4.98 Å². The van der Waals surface area contributed by atoms with Crippen molar-refractivity contribution in [3.8, 4) is 0 Å². The molecule has 0 fully saturated rings. The third-order valence-electron chi connectivity index (χ3n) is 2.77. The van der Waals surface area contributed by atoms with E-state index in [1.807, 2.05) is 0 Å². The number of pyridine rings is 1. The van der Waals surface area contributed by atoms with Gasteiger partial charge in [-0.15, -0.1) is 0 Å². The first-order valence-corrected chi connectivity index (χ1v) is 6.13. The quantitative estimate of drug-likeness (QED) is 0.514. The van der Waals surface area contributed by atoms with E-state index in [0.29, 0.717) is 11.4 Å². The Balaban J connectivity index is 2.30. The van der Waals surface area contributed by atoms with Crippen LogP contribution in [0.15, 0.2) is 47.7 Å². The van der Waals surface area contributed by atoms with Crippen LogP contribution in [0.3, 0.4) is 0 Å². The predicted molar refractivity (Wildman–Crippen MR) is 79.8 cm³/mol. The van der Waals surface area contributed by atoms with E-state index < -0.39 is 15.5 Å². The second-order valence-corrected chi connectivity index (χ2v) is 4.24. The lowest BCUT2D eigenvalue weighted by Crippen LogP contribution is -2.03. The molecule has 1 aromatic carbocycles. The van der Waals surface area contributed by atoms with Crippen molar-refractivity contribution in [2.24, 2.45) is 5.10 Å². The monoisotopic (exact) mass is 301 g/mol. The first-order chi connectivity index (χ1) is 10.5. The molecule has 0 saturated heterocycles. The number of hydrogen-bond acceptors (Lipinski definition) is 7. The molecule has 0 aliphatic heterocycles. The molecule has 9 nitrogen and oxygen atoms in total. The van der Waals surface area contributed by atoms with Gasteiger partial charge in [-0.2, -0.15) is 5.10 Å². The third-order valence-corrected chi connectivity index (χ3v) is 2.77. The highest BCUT2D eigenvalue weighted by Gasteiger charge is 2.19. The number of anilines is 1. The van der Waals surface area contributed by atoms with Gasteiger partial charge in [0.15, 0.2) is 0 Å².